The van der Waals surface area contributed by atoms with Crippen molar-refractivity contribution in [3.63, 3.8) is 0 Å². The normalized spacial score (nSPS) is 22.2. The molecule has 0 unspecified atom stereocenters. The van der Waals surface area contributed by atoms with E-state index >= 15 is 0 Å². The van der Waals surface area contributed by atoms with Crippen molar-refractivity contribution in [1.29, 1.82) is 0 Å². The van der Waals surface area contributed by atoms with Crippen molar-refractivity contribution >= 4 is 16.1 Å². The van der Waals surface area contributed by atoms with Gasteiger partial charge in [0.15, 0.2) is 0 Å². The number of hydrogen-bond donors (Lipinski definition) is 0. The molecule has 21 heavy (non-hydrogen) atoms. The van der Waals surface area contributed by atoms with E-state index in [0.29, 0.717) is 12.8 Å². The first-order chi connectivity index (χ1) is 9.94. The summed E-state index contributed by atoms with van der Waals surface area (Å²) in [5, 5.41) is 0. The highest BCUT2D eigenvalue weighted by Gasteiger charge is 2.38. The Kier molecular flexibility index (Phi) is 5.00. The second-order valence-electron chi connectivity index (χ2n) is 5.19. The molecule has 0 aromatic heterocycles. The van der Waals surface area contributed by atoms with Crippen LogP contribution in [-0.4, -0.2) is 27.1 Å². The number of ether oxygens (including phenoxy) is 1. The lowest BCUT2D eigenvalue weighted by Gasteiger charge is -2.18. The Hall–Kier alpha value is -1.40. The first-order valence-corrected chi connectivity index (χ1v) is 8.51. The summed E-state index contributed by atoms with van der Waals surface area (Å²) in [4.78, 5) is 11.9. The monoisotopic (exact) mass is 312 g/mol. The van der Waals surface area contributed by atoms with Gasteiger partial charge in [0.25, 0.3) is 10.1 Å². The summed E-state index contributed by atoms with van der Waals surface area (Å²) in [5.74, 6) is -0.871. The molecule has 0 spiro atoms. The number of carbonyl (C=O) groups is 1. The van der Waals surface area contributed by atoms with Gasteiger partial charge in [-0.3, -0.25) is 8.98 Å². The van der Waals surface area contributed by atoms with Gasteiger partial charge in [0.1, 0.15) is 0 Å². The predicted octanol–water partition coefficient (Wildman–Crippen LogP) is 2.43. The minimum Gasteiger partial charge on any atom is -0.466 e. The minimum atomic E-state index is -3.85. The Bertz CT molecular complexity index is 591. The molecule has 116 valence electrons. The predicted molar refractivity (Wildman–Crippen MR) is 77.2 cm³/mol. The van der Waals surface area contributed by atoms with E-state index in [-0.39, 0.29) is 17.5 Å². The molecular formula is C15H20O5S. The smallest absolute Gasteiger partial charge is 0.311 e. The fourth-order valence-corrected chi connectivity index (χ4v) is 3.62. The topological polar surface area (TPSA) is 69.7 Å². The number of aryl methyl sites for hydroxylation is 1. The molecule has 5 nitrogen and oxygen atoms in total. The van der Waals surface area contributed by atoms with E-state index in [1.54, 1.807) is 19.1 Å². The summed E-state index contributed by atoms with van der Waals surface area (Å²) in [6, 6.07) is 6.46. The Morgan fingerprint density at radius 2 is 1.90 bits per heavy atom. The zero-order chi connectivity index (χ0) is 15.5. The molecule has 1 aliphatic rings. The van der Waals surface area contributed by atoms with Crippen molar-refractivity contribution in [1.82, 2.24) is 0 Å². The molecule has 2 rings (SSSR count). The van der Waals surface area contributed by atoms with Gasteiger partial charge in [0, 0.05) is 0 Å². The highest BCUT2D eigenvalue weighted by Crippen LogP contribution is 2.32. The van der Waals surface area contributed by atoms with Crippen LogP contribution >= 0.6 is 0 Å². The molecule has 0 N–H and O–H groups in total. The lowest BCUT2D eigenvalue weighted by molar-refractivity contribution is -0.150. The van der Waals surface area contributed by atoms with E-state index in [9.17, 15) is 13.2 Å². The molecule has 1 saturated carbocycles. The van der Waals surface area contributed by atoms with Crippen LogP contribution < -0.4 is 0 Å². The molecule has 0 saturated heterocycles. The molecule has 1 aromatic carbocycles. The van der Waals surface area contributed by atoms with Crippen LogP contribution in [0.5, 0.6) is 0 Å². The van der Waals surface area contributed by atoms with Crippen LogP contribution in [0.1, 0.15) is 31.7 Å². The largest absolute Gasteiger partial charge is 0.466 e. The van der Waals surface area contributed by atoms with Crippen LogP contribution in [0.15, 0.2) is 29.2 Å². The van der Waals surface area contributed by atoms with Gasteiger partial charge < -0.3 is 4.74 Å². The SMILES string of the molecule is CCOC(=O)[C@@H]1CCC[C@@H]1OS(=O)(=O)c1ccc(C)cc1. The zero-order valence-corrected chi connectivity index (χ0v) is 13.1. The Morgan fingerprint density at radius 1 is 1.24 bits per heavy atom. The van der Waals surface area contributed by atoms with E-state index in [2.05, 4.69) is 0 Å². The molecule has 1 fully saturated rings. The van der Waals surface area contributed by atoms with E-state index in [1.807, 2.05) is 6.92 Å². The summed E-state index contributed by atoms with van der Waals surface area (Å²) in [5.41, 5.74) is 0.971. The average molecular weight is 312 g/mol. The number of hydrogen-bond acceptors (Lipinski definition) is 5. The van der Waals surface area contributed by atoms with Gasteiger partial charge in [-0.05, 0) is 45.2 Å². The van der Waals surface area contributed by atoms with Crippen LogP contribution in [0.4, 0.5) is 0 Å². The molecule has 0 radical (unpaired) electrons. The van der Waals surface area contributed by atoms with Gasteiger partial charge in [0.05, 0.1) is 23.5 Å². The quantitative estimate of drug-likeness (QED) is 0.617. The third-order valence-electron chi connectivity index (χ3n) is 3.60. The summed E-state index contributed by atoms with van der Waals surface area (Å²) < 4.78 is 34.8. The van der Waals surface area contributed by atoms with Gasteiger partial charge >= 0.3 is 5.97 Å². The maximum atomic E-state index is 12.3. The highest BCUT2D eigenvalue weighted by molar-refractivity contribution is 7.86. The average Bonchev–Trinajstić information content (AvgIpc) is 2.87. The van der Waals surface area contributed by atoms with E-state index < -0.39 is 22.1 Å². The number of esters is 1. The van der Waals surface area contributed by atoms with Crippen LogP contribution in [-0.2, 0) is 23.8 Å². The third kappa shape index (κ3) is 3.83. The number of benzene rings is 1. The van der Waals surface area contributed by atoms with Crippen molar-refractivity contribution < 1.29 is 22.1 Å². The minimum absolute atomic E-state index is 0.114. The molecule has 0 bridgehead atoms. The number of rotatable bonds is 5. The lowest BCUT2D eigenvalue weighted by Crippen LogP contribution is -2.29. The molecule has 0 heterocycles. The van der Waals surface area contributed by atoms with Crippen LogP contribution in [0.2, 0.25) is 0 Å². The van der Waals surface area contributed by atoms with Crippen LogP contribution in [0.25, 0.3) is 0 Å². The Balaban J connectivity index is 2.12. The van der Waals surface area contributed by atoms with Crippen molar-refractivity contribution in [3.8, 4) is 0 Å². The molecule has 1 aromatic rings. The van der Waals surface area contributed by atoms with Crippen molar-refractivity contribution in [2.45, 2.75) is 44.1 Å². The molecule has 1 aliphatic carbocycles. The molecular weight excluding hydrogens is 292 g/mol. The maximum Gasteiger partial charge on any atom is 0.311 e. The summed E-state index contributed by atoms with van der Waals surface area (Å²) in [6.45, 7) is 3.89. The van der Waals surface area contributed by atoms with Gasteiger partial charge in [-0.15, -0.1) is 0 Å². The summed E-state index contributed by atoms with van der Waals surface area (Å²) in [7, 11) is -3.85. The van der Waals surface area contributed by atoms with Crippen molar-refractivity contribution in [2.75, 3.05) is 6.61 Å². The van der Waals surface area contributed by atoms with E-state index in [1.165, 1.54) is 12.1 Å². The van der Waals surface area contributed by atoms with Crippen LogP contribution in [0, 0.1) is 12.8 Å². The fraction of sp³-hybridized carbons (Fsp3) is 0.533. The standard InChI is InChI=1S/C15H20O5S/c1-3-19-15(16)13-5-4-6-14(13)20-21(17,18)12-9-7-11(2)8-10-12/h7-10,13-14H,3-6H2,1-2H3/t13-,14+/m1/s1. The van der Waals surface area contributed by atoms with E-state index in [4.69, 9.17) is 8.92 Å². The zero-order valence-electron chi connectivity index (χ0n) is 12.2. The molecule has 0 aliphatic heterocycles. The van der Waals surface area contributed by atoms with Gasteiger partial charge in [0.2, 0.25) is 0 Å². The van der Waals surface area contributed by atoms with Gasteiger partial charge in [-0.1, -0.05) is 17.7 Å². The first-order valence-electron chi connectivity index (χ1n) is 7.10. The summed E-state index contributed by atoms with van der Waals surface area (Å²) >= 11 is 0. The second-order valence-corrected chi connectivity index (χ2v) is 6.76. The Labute approximate surface area is 125 Å². The second kappa shape index (κ2) is 6.58. The fourth-order valence-electron chi connectivity index (χ4n) is 2.48. The van der Waals surface area contributed by atoms with Gasteiger partial charge in [-0.2, -0.15) is 8.42 Å². The van der Waals surface area contributed by atoms with E-state index in [0.717, 1.165) is 12.0 Å². The maximum absolute atomic E-state index is 12.3. The van der Waals surface area contributed by atoms with Gasteiger partial charge in [-0.25, -0.2) is 0 Å². The Morgan fingerprint density at radius 3 is 2.52 bits per heavy atom. The molecule has 2 atom stereocenters. The van der Waals surface area contributed by atoms with Crippen molar-refractivity contribution in [3.05, 3.63) is 29.8 Å². The van der Waals surface area contributed by atoms with Crippen molar-refractivity contribution in [2.24, 2.45) is 5.92 Å². The third-order valence-corrected chi connectivity index (χ3v) is 4.95. The highest BCUT2D eigenvalue weighted by atomic mass is 32.2. The lowest BCUT2D eigenvalue weighted by atomic mass is 10.1. The van der Waals surface area contributed by atoms with Crippen LogP contribution in [0.3, 0.4) is 0 Å². The molecule has 0 amide bonds. The molecule has 6 heteroatoms. The number of carbonyl (C=O) groups excluding carboxylic acids is 1. The first kappa shape index (κ1) is 16.0. The summed E-state index contributed by atoms with van der Waals surface area (Å²) in [6.07, 6.45) is 1.29.